The Morgan fingerprint density at radius 3 is 2.29 bits per heavy atom. The lowest BCUT2D eigenvalue weighted by atomic mass is 9.98. The zero-order valence-electron chi connectivity index (χ0n) is 14.1. The highest BCUT2D eigenvalue weighted by Crippen LogP contribution is 2.24. The highest BCUT2D eigenvalue weighted by atomic mass is 32.2. The molecule has 0 radical (unpaired) electrons. The van der Waals surface area contributed by atoms with Crippen molar-refractivity contribution in [3.63, 3.8) is 0 Å². The molecule has 1 aliphatic rings. The molecule has 0 amide bonds. The molecule has 1 N–H and O–H groups in total. The van der Waals surface area contributed by atoms with E-state index in [9.17, 15) is 0 Å². The molecule has 4 heteroatoms. The molecule has 3 nitrogen and oxygen atoms in total. The van der Waals surface area contributed by atoms with Crippen LogP contribution in [0.2, 0.25) is 0 Å². The number of hydrogen-bond acceptors (Lipinski definition) is 4. The third-order valence-electron chi connectivity index (χ3n) is 3.84. The highest BCUT2D eigenvalue weighted by molar-refractivity contribution is 7.98. The maximum absolute atomic E-state index is 4.73. The molecule has 118 valence electrons. The lowest BCUT2D eigenvalue weighted by molar-refractivity contribution is 0.602. The second kappa shape index (κ2) is 7.59. The number of aryl methyl sites for hydroxylation is 2. The largest absolute Gasteiger partial charge is 0.313 e. The van der Waals surface area contributed by atoms with Crippen LogP contribution in [0.4, 0.5) is 0 Å². The Labute approximate surface area is 133 Å². The Morgan fingerprint density at radius 1 is 1.14 bits per heavy atom. The van der Waals surface area contributed by atoms with E-state index in [0.29, 0.717) is 5.92 Å². The number of nitrogens with one attached hydrogen (secondary N) is 1. The van der Waals surface area contributed by atoms with Crippen LogP contribution in [0.5, 0.6) is 0 Å². The van der Waals surface area contributed by atoms with Gasteiger partial charge in [0, 0.05) is 24.0 Å². The third kappa shape index (κ3) is 5.26. The maximum atomic E-state index is 4.73. The van der Waals surface area contributed by atoms with Gasteiger partial charge in [0.15, 0.2) is 0 Å². The van der Waals surface area contributed by atoms with Crippen molar-refractivity contribution in [1.82, 2.24) is 15.3 Å². The zero-order chi connectivity index (χ0) is 15.4. The molecular formula is C17H29N3S. The van der Waals surface area contributed by atoms with E-state index in [1.54, 1.807) is 0 Å². The summed E-state index contributed by atoms with van der Waals surface area (Å²) >= 11 is 1.93. The van der Waals surface area contributed by atoms with Gasteiger partial charge in [-0.3, -0.25) is 0 Å². The third-order valence-corrected chi connectivity index (χ3v) is 5.20. The monoisotopic (exact) mass is 307 g/mol. The van der Waals surface area contributed by atoms with Crippen LogP contribution in [-0.4, -0.2) is 28.3 Å². The highest BCUT2D eigenvalue weighted by Gasteiger charge is 2.22. The molecule has 2 rings (SSSR count). The van der Waals surface area contributed by atoms with Crippen molar-refractivity contribution >= 4 is 11.8 Å². The minimum absolute atomic E-state index is 0.489. The maximum Gasteiger partial charge on any atom is 0.138 e. The van der Waals surface area contributed by atoms with Gasteiger partial charge in [0.05, 0.1) is 5.75 Å². The normalized spacial score (nSPS) is 16.5. The van der Waals surface area contributed by atoms with E-state index in [4.69, 9.17) is 9.97 Å². The first kappa shape index (κ1) is 16.8. The second-order valence-electron chi connectivity index (χ2n) is 6.72. The first-order valence-corrected chi connectivity index (χ1v) is 9.28. The summed E-state index contributed by atoms with van der Waals surface area (Å²) in [5, 5.41) is 3.61. The fraction of sp³-hybridized carbons (Fsp3) is 0.765. The molecule has 0 spiro atoms. The summed E-state index contributed by atoms with van der Waals surface area (Å²) in [6.07, 6.45) is 2.68. The summed E-state index contributed by atoms with van der Waals surface area (Å²) in [7, 11) is 0. The van der Waals surface area contributed by atoms with Gasteiger partial charge in [-0.2, -0.15) is 11.8 Å². The number of hydrogen-bond donors (Lipinski definition) is 1. The Kier molecular flexibility index (Phi) is 6.06. The average Bonchev–Trinajstić information content (AvgIpc) is 3.19. The van der Waals surface area contributed by atoms with Crippen LogP contribution in [0.15, 0.2) is 0 Å². The van der Waals surface area contributed by atoms with Crippen molar-refractivity contribution in [2.45, 2.75) is 65.2 Å². The van der Waals surface area contributed by atoms with Gasteiger partial charge in [-0.1, -0.05) is 20.8 Å². The van der Waals surface area contributed by atoms with E-state index >= 15 is 0 Å². The predicted octanol–water partition coefficient (Wildman–Crippen LogP) is 3.84. The number of rotatable bonds is 8. The van der Waals surface area contributed by atoms with E-state index in [0.717, 1.165) is 41.5 Å². The molecule has 0 saturated heterocycles. The van der Waals surface area contributed by atoms with Gasteiger partial charge in [-0.05, 0) is 49.8 Å². The zero-order valence-corrected chi connectivity index (χ0v) is 14.9. The summed E-state index contributed by atoms with van der Waals surface area (Å²) in [6.45, 7) is 12.1. The summed E-state index contributed by atoms with van der Waals surface area (Å²) in [5.74, 6) is 4.30. The lowest BCUT2D eigenvalue weighted by Gasteiger charge is -2.18. The molecular weight excluding hydrogens is 278 g/mol. The summed E-state index contributed by atoms with van der Waals surface area (Å²) in [5.41, 5.74) is 3.65. The summed E-state index contributed by atoms with van der Waals surface area (Å²) in [4.78, 5) is 9.47. The first-order valence-electron chi connectivity index (χ1n) is 8.12. The smallest absolute Gasteiger partial charge is 0.138 e. The van der Waals surface area contributed by atoms with Crippen molar-refractivity contribution in [3.05, 3.63) is 22.8 Å². The minimum atomic E-state index is 0.489. The fourth-order valence-corrected chi connectivity index (χ4v) is 3.59. The van der Waals surface area contributed by atoms with Crippen LogP contribution in [0.3, 0.4) is 0 Å². The van der Waals surface area contributed by atoms with Crippen molar-refractivity contribution in [2.24, 2.45) is 5.92 Å². The van der Waals surface area contributed by atoms with Crippen LogP contribution < -0.4 is 5.32 Å². The quantitative estimate of drug-likeness (QED) is 0.792. The van der Waals surface area contributed by atoms with Gasteiger partial charge in [0.25, 0.3) is 0 Å². The van der Waals surface area contributed by atoms with E-state index in [-0.39, 0.29) is 0 Å². The standard InChI is InChI=1S/C17H29N3S/c1-11(2)9-21-10-16-19-13(4)17(14(5)20-16)12(3)8-18-15-6-7-15/h11-12,15,18H,6-10H2,1-5H3. The molecule has 1 aliphatic carbocycles. The Hall–Kier alpha value is -0.610. The van der Waals surface area contributed by atoms with Crippen molar-refractivity contribution < 1.29 is 0 Å². The molecule has 1 aromatic heterocycles. The van der Waals surface area contributed by atoms with Gasteiger partial charge in [-0.25, -0.2) is 9.97 Å². The van der Waals surface area contributed by atoms with Crippen LogP contribution in [0, 0.1) is 19.8 Å². The Bertz CT molecular complexity index is 446. The average molecular weight is 308 g/mol. The van der Waals surface area contributed by atoms with Crippen LogP contribution in [0.25, 0.3) is 0 Å². The first-order chi connectivity index (χ1) is 9.97. The molecule has 1 unspecified atom stereocenters. The van der Waals surface area contributed by atoms with E-state index < -0.39 is 0 Å². The second-order valence-corrected chi connectivity index (χ2v) is 7.75. The predicted molar refractivity (Wildman–Crippen MR) is 91.9 cm³/mol. The molecule has 1 atom stereocenters. The number of aromatic nitrogens is 2. The lowest BCUT2D eigenvalue weighted by Crippen LogP contribution is -2.23. The van der Waals surface area contributed by atoms with E-state index in [1.807, 2.05) is 11.8 Å². The van der Waals surface area contributed by atoms with Crippen LogP contribution >= 0.6 is 11.8 Å². The fourth-order valence-electron chi connectivity index (χ4n) is 2.69. The molecule has 1 heterocycles. The molecule has 0 aliphatic heterocycles. The molecule has 1 aromatic rings. The van der Waals surface area contributed by atoms with Gasteiger partial charge in [-0.15, -0.1) is 0 Å². The van der Waals surface area contributed by atoms with Crippen molar-refractivity contribution in [3.8, 4) is 0 Å². The number of nitrogens with zero attached hydrogens (tertiary/aromatic N) is 2. The molecule has 1 fully saturated rings. The van der Waals surface area contributed by atoms with E-state index in [1.165, 1.54) is 24.2 Å². The topological polar surface area (TPSA) is 37.8 Å². The summed E-state index contributed by atoms with van der Waals surface area (Å²) < 4.78 is 0. The molecule has 21 heavy (non-hydrogen) atoms. The molecule has 0 bridgehead atoms. The SMILES string of the molecule is Cc1nc(CSCC(C)C)nc(C)c1C(C)CNC1CC1. The van der Waals surface area contributed by atoms with Crippen molar-refractivity contribution in [1.29, 1.82) is 0 Å². The molecule has 0 aromatic carbocycles. The molecule has 1 saturated carbocycles. The van der Waals surface area contributed by atoms with Crippen LogP contribution in [-0.2, 0) is 5.75 Å². The minimum Gasteiger partial charge on any atom is -0.313 e. The van der Waals surface area contributed by atoms with Gasteiger partial charge in [0.2, 0.25) is 0 Å². The van der Waals surface area contributed by atoms with Gasteiger partial charge >= 0.3 is 0 Å². The van der Waals surface area contributed by atoms with E-state index in [2.05, 4.69) is 39.9 Å². The van der Waals surface area contributed by atoms with Crippen LogP contribution in [0.1, 0.15) is 62.3 Å². The Balaban J connectivity index is 1.98. The Morgan fingerprint density at radius 2 is 1.76 bits per heavy atom. The van der Waals surface area contributed by atoms with Crippen molar-refractivity contribution in [2.75, 3.05) is 12.3 Å². The van der Waals surface area contributed by atoms with Gasteiger partial charge < -0.3 is 5.32 Å². The summed E-state index contributed by atoms with van der Waals surface area (Å²) in [6, 6.07) is 0.765. The number of thioether (sulfide) groups is 1. The van der Waals surface area contributed by atoms with Gasteiger partial charge in [0.1, 0.15) is 5.82 Å².